The lowest BCUT2D eigenvalue weighted by Gasteiger charge is -2.21. The number of amides is 1. The predicted molar refractivity (Wildman–Crippen MR) is 74.2 cm³/mol. The highest BCUT2D eigenvalue weighted by molar-refractivity contribution is 5.77. The first-order chi connectivity index (χ1) is 8.52. The maximum Gasteiger partial charge on any atom is 0.236 e. The number of aryl methyl sites for hydroxylation is 1. The molecule has 0 aliphatic carbocycles. The van der Waals surface area contributed by atoms with E-state index in [0.29, 0.717) is 19.6 Å². The van der Waals surface area contributed by atoms with Crippen molar-refractivity contribution in [3.05, 3.63) is 35.4 Å². The van der Waals surface area contributed by atoms with Crippen LogP contribution >= 0.6 is 0 Å². The van der Waals surface area contributed by atoms with Gasteiger partial charge in [0.25, 0.3) is 0 Å². The van der Waals surface area contributed by atoms with Gasteiger partial charge in [0.1, 0.15) is 0 Å². The van der Waals surface area contributed by atoms with Gasteiger partial charge in [0.2, 0.25) is 5.91 Å². The number of carbonyl (C=O) groups excluding carboxylic acids is 1. The molecular formula is C14H23N3O. The lowest BCUT2D eigenvalue weighted by Crippen LogP contribution is -2.38. The minimum atomic E-state index is 0.117. The zero-order chi connectivity index (χ0) is 13.5. The van der Waals surface area contributed by atoms with Crippen molar-refractivity contribution in [2.24, 2.45) is 5.73 Å². The molecule has 1 amide bonds. The Labute approximate surface area is 109 Å². The number of hydrogen-bond acceptors (Lipinski definition) is 3. The third-order valence-electron chi connectivity index (χ3n) is 2.88. The van der Waals surface area contributed by atoms with Crippen LogP contribution in [0.2, 0.25) is 0 Å². The van der Waals surface area contributed by atoms with E-state index in [1.807, 2.05) is 19.0 Å². The van der Waals surface area contributed by atoms with Gasteiger partial charge in [0.05, 0.1) is 6.54 Å². The molecule has 100 valence electrons. The van der Waals surface area contributed by atoms with Crippen molar-refractivity contribution in [1.29, 1.82) is 0 Å². The Morgan fingerprint density at radius 3 is 2.39 bits per heavy atom. The van der Waals surface area contributed by atoms with Crippen molar-refractivity contribution in [3.63, 3.8) is 0 Å². The molecule has 4 nitrogen and oxygen atoms in total. The number of likely N-dealkylation sites (N-methyl/N-ethyl adjacent to an activating group) is 2. The molecule has 0 radical (unpaired) electrons. The van der Waals surface area contributed by atoms with Gasteiger partial charge in [-0.05, 0) is 19.5 Å². The minimum absolute atomic E-state index is 0.117. The lowest BCUT2D eigenvalue weighted by atomic mass is 10.1. The molecule has 1 aromatic carbocycles. The second-order valence-corrected chi connectivity index (χ2v) is 4.76. The predicted octanol–water partition coefficient (Wildman–Crippen LogP) is 0.844. The molecule has 1 aromatic rings. The quantitative estimate of drug-likeness (QED) is 0.813. The van der Waals surface area contributed by atoms with Gasteiger partial charge in [0.15, 0.2) is 0 Å². The largest absolute Gasteiger partial charge is 0.340 e. The van der Waals surface area contributed by atoms with Crippen molar-refractivity contribution in [3.8, 4) is 0 Å². The molecule has 4 heteroatoms. The molecule has 1 rings (SSSR count). The highest BCUT2D eigenvalue weighted by Crippen LogP contribution is 2.06. The Morgan fingerprint density at radius 2 is 1.83 bits per heavy atom. The molecule has 0 heterocycles. The average Bonchev–Trinajstić information content (AvgIpc) is 2.32. The first-order valence-electron chi connectivity index (χ1n) is 6.21. The molecule has 0 aromatic heterocycles. The van der Waals surface area contributed by atoms with E-state index in [-0.39, 0.29) is 5.91 Å². The van der Waals surface area contributed by atoms with Crippen LogP contribution in [-0.2, 0) is 11.3 Å². The summed E-state index contributed by atoms with van der Waals surface area (Å²) in [5.41, 5.74) is 7.84. The van der Waals surface area contributed by atoms with E-state index in [0.717, 1.165) is 12.1 Å². The highest BCUT2D eigenvalue weighted by atomic mass is 16.2. The normalized spacial score (nSPS) is 10.7. The molecule has 2 N–H and O–H groups in total. The molecule has 0 bridgehead atoms. The third-order valence-corrected chi connectivity index (χ3v) is 2.88. The molecule has 0 aliphatic heterocycles. The van der Waals surface area contributed by atoms with E-state index >= 15 is 0 Å². The minimum Gasteiger partial charge on any atom is -0.340 e. The van der Waals surface area contributed by atoms with Gasteiger partial charge in [-0.3, -0.25) is 9.69 Å². The zero-order valence-electron chi connectivity index (χ0n) is 11.5. The van der Waals surface area contributed by atoms with E-state index in [2.05, 4.69) is 31.2 Å². The second kappa shape index (κ2) is 7.13. The average molecular weight is 249 g/mol. The SMILES string of the molecule is Cc1ccc(CN(C)C(=O)CN(C)CCN)cc1. The van der Waals surface area contributed by atoms with Crippen molar-refractivity contribution < 1.29 is 4.79 Å². The summed E-state index contributed by atoms with van der Waals surface area (Å²) in [6.45, 7) is 4.44. The van der Waals surface area contributed by atoms with E-state index in [1.165, 1.54) is 5.56 Å². The van der Waals surface area contributed by atoms with Gasteiger partial charge in [-0.15, -0.1) is 0 Å². The van der Waals surface area contributed by atoms with Gasteiger partial charge < -0.3 is 10.6 Å². The number of hydrogen-bond donors (Lipinski definition) is 1. The molecule has 0 spiro atoms. The number of nitrogens with two attached hydrogens (primary N) is 1. The van der Waals surface area contributed by atoms with Crippen molar-refractivity contribution in [2.75, 3.05) is 33.7 Å². The van der Waals surface area contributed by atoms with Crippen LogP contribution in [0, 0.1) is 6.92 Å². The van der Waals surface area contributed by atoms with Crippen LogP contribution in [0.4, 0.5) is 0 Å². The maximum atomic E-state index is 11.9. The molecule has 0 saturated heterocycles. The van der Waals surface area contributed by atoms with Crippen molar-refractivity contribution in [2.45, 2.75) is 13.5 Å². The van der Waals surface area contributed by atoms with E-state index in [4.69, 9.17) is 5.73 Å². The maximum absolute atomic E-state index is 11.9. The van der Waals surface area contributed by atoms with Gasteiger partial charge in [0, 0.05) is 26.7 Å². The Kier molecular flexibility index (Phi) is 5.82. The molecule has 0 unspecified atom stereocenters. The van der Waals surface area contributed by atoms with Gasteiger partial charge in [-0.25, -0.2) is 0 Å². The summed E-state index contributed by atoms with van der Waals surface area (Å²) in [6.07, 6.45) is 0. The fourth-order valence-electron chi connectivity index (χ4n) is 1.71. The monoisotopic (exact) mass is 249 g/mol. The number of carbonyl (C=O) groups is 1. The van der Waals surface area contributed by atoms with Crippen molar-refractivity contribution >= 4 is 5.91 Å². The second-order valence-electron chi connectivity index (χ2n) is 4.76. The molecule has 0 aliphatic rings. The molecule has 18 heavy (non-hydrogen) atoms. The van der Waals surface area contributed by atoms with Crippen LogP contribution in [-0.4, -0.2) is 49.4 Å². The zero-order valence-corrected chi connectivity index (χ0v) is 11.5. The number of rotatable bonds is 6. The molecule has 0 fully saturated rings. The van der Waals surface area contributed by atoms with Crippen LogP contribution in [0.3, 0.4) is 0 Å². The van der Waals surface area contributed by atoms with Crippen molar-refractivity contribution in [1.82, 2.24) is 9.80 Å². The first-order valence-corrected chi connectivity index (χ1v) is 6.21. The fourth-order valence-corrected chi connectivity index (χ4v) is 1.71. The van der Waals surface area contributed by atoms with Crippen LogP contribution in [0.15, 0.2) is 24.3 Å². The summed E-state index contributed by atoms with van der Waals surface area (Å²) in [4.78, 5) is 15.6. The standard InChI is InChI=1S/C14H23N3O/c1-12-4-6-13(7-5-12)10-17(3)14(18)11-16(2)9-8-15/h4-7H,8-11,15H2,1-3H3. The summed E-state index contributed by atoms with van der Waals surface area (Å²) in [7, 11) is 3.74. The number of benzene rings is 1. The Bertz CT molecular complexity index is 375. The fraction of sp³-hybridized carbons (Fsp3) is 0.500. The van der Waals surface area contributed by atoms with E-state index in [9.17, 15) is 4.79 Å². The topological polar surface area (TPSA) is 49.6 Å². The van der Waals surface area contributed by atoms with Crippen LogP contribution in [0.25, 0.3) is 0 Å². The summed E-state index contributed by atoms with van der Waals surface area (Å²) in [5.74, 6) is 0.117. The molecule has 0 atom stereocenters. The molecular weight excluding hydrogens is 226 g/mol. The first kappa shape index (κ1) is 14.7. The lowest BCUT2D eigenvalue weighted by molar-refractivity contribution is -0.131. The summed E-state index contributed by atoms with van der Waals surface area (Å²) >= 11 is 0. The van der Waals surface area contributed by atoms with E-state index < -0.39 is 0 Å². The highest BCUT2D eigenvalue weighted by Gasteiger charge is 2.11. The number of nitrogens with zero attached hydrogens (tertiary/aromatic N) is 2. The van der Waals surface area contributed by atoms with Crippen LogP contribution < -0.4 is 5.73 Å². The Hall–Kier alpha value is -1.39. The smallest absolute Gasteiger partial charge is 0.236 e. The molecule has 0 saturated carbocycles. The van der Waals surface area contributed by atoms with Crippen LogP contribution in [0.1, 0.15) is 11.1 Å². The van der Waals surface area contributed by atoms with Gasteiger partial charge >= 0.3 is 0 Å². The summed E-state index contributed by atoms with van der Waals surface area (Å²) < 4.78 is 0. The summed E-state index contributed by atoms with van der Waals surface area (Å²) in [5, 5.41) is 0. The van der Waals surface area contributed by atoms with Gasteiger partial charge in [-0.2, -0.15) is 0 Å². The third kappa shape index (κ3) is 4.85. The van der Waals surface area contributed by atoms with Gasteiger partial charge in [-0.1, -0.05) is 29.8 Å². The Balaban J connectivity index is 2.46. The Morgan fingerprint density at radius 1 is 1.22 bits per heavy atom. The van der Waals surface area contributed by atoms with E-state index in [1.54, 1.807) is 4.90 Å². The van der Waals surface area contributed by atoms with Crippen LogP contribution in [0.5, 0.6) is 0 Å². The summed E-state index contributed by atoms with van der Waals surface area (Å²) in [6, 6.07) is 8.24.